The van der Waals surface area contributed by atoms with E-state index < -0.39 is 5.60 Å². The van der Waals surface area contributed by atoms with Gasteiger partial charge in [-0.3, -0.25) is 4.79 Å². The molecule has 0 aliphatic carbocycles. The molecular formula is C28H30ClNO3S. The largest absolute Gasteiger partial charge is 0.482 e. The maximum atomic E-state index is 12.5. The topological polar surface area (TPSA) is 47.6 Å². The van der Waals surface area contributed by atoms with Crippen LogP contribution in [0.25, 0.3) is 0 Å². The van der Waals surface area contributed by atoms with Crippen molar-refractivity contribution in [1.82, 2.24) is 0 Å². The van der Waals surface area contributed by atoms with Gasteiger partial charge < -0.3 is 14.8 Å². The van der Waals surface area contributed by atoms with Gasteiger partial charge in [0.05, 0.1) is 19.6 Å². The van der Waals surface area contributed by atoms with E-state index in [4.69, 9.17) is 21.1 Å². The minimum Gasteiger partial charge on any atom is -0.482 e. The zero-order chi connectivity index (χ0) is 24.0. The molecule has 1 heterocycles. The molecule has 1 saturated heterocycles. The van der Waals surface area contributed by atoms with Crippen molar-refractivity contribution in [2.75, 3.05) is 24.3 Å². The molecule has 1 aliphatic rings. The SMILES string of the molecule is CCSc1ccc(CC(=O)Nc2ccc(OC3(c4ccc(C)cc4Cl)CCOCC3)cc2)cc1. The minimum absolute atomic E-state index is 0.0445. The predicted octanol–water partition coefficient (Wildman–Crippen LogP) is 7.03. The van der Waals surface area contributed by atoms with Crippen LogP contribution in [-0.2, 0) is 21.6 Å². The van der Waals surface area contributed by atoms with E-state index in [1.165, 1.54) is 4.90 Å². The molecule has 0 saturated carbocycles. The molecule has 0 radical (unpaired) electrons. The van der Waals surface area contributed by atoms with Gasteiger partial charge in [0, 0.05) is 34.0 Å². The fourth-order valence-electron chi connectivity index (χ4n) is 4.21. The van der Waals surface area contributed by atoms with Gasteiger partial charge in [-0.25, -0.2) is 0 Å². The lowest BCUT2D eigenvalue weighted by atomic mass is 9.85. The first-order chi connectivity index (χ1) is 16.5. The van der Waals surface area contributed by atoms with Crippen LogP contribution in [0.5, 0.6) is 5.75 Å². The van der Waals surface area contributed by atoms with E-state index in [0.717, 1.165) is 46.7 Å². The summed E-state index contributed by atoms with van der Waals surface area (Å²) in [5, 5.41) is 3.69. The van der Waals surface area contributed by atoms with Crippen LogP contribution in [0.1, 0.15) is 36.5 Å². The number of hydrogen-bond donors (Lipinski definition) is 1. The summed E-state index contributed by atoms with van der Waals surface area (Å²) < 4.78 is 12.2. The monoisotopic (exact) mass is 495 g/mol. The van der Waals surface area contributed by atoms with Gasteiger partial charge in [-0.05, 0) is 66.3 Å². The summed E-state index contributed by atoms with van der Waals surface area (Å²) in [4.78, 5) is 13.7. The molecule has 0 bridgehead atoms. The Bertz CT molecular complexity index is 1110. The van der Waals surface area contributed by atoms with Gasteiger partial charge in [-0.1, -0.05) is 42.8 Å². The van der Waals surface area contributed by atoms with Crippen LogP contribution in [0.15, 0.2) is 71.6 Å². The van der Waals surface area contributed by atoms with Crippen molar-refractivity contribution in [2.24, 2.45) is 0 Å². The molecule has 1 fully saturated rings. The van der Waals surface area contributed by atoms with Crippen molar-refractivity contribution < 1.29 is 14.3 Å². The van der Waals surface area contributed by atoms with Crippen molar-refractivity contribution in [1.29, 1.82) is 0 Å². The van der Waals surface area contributed by atoms with Crippen LogP contribution in [0.2, 0.25) is 5.02 Å². The molecule has 4 nitrogen and oxygen atoms in total. The molecule has 1 aliphatic heterocycles. The molecule has 0 unspecified atom stereocenters. The van der Waals surface area contributed by atoms with E-state index >= 15 is 0 Å². The van der Waals surface area contributed by atoms with Gasteiger partial charge in [0.15, 0.2) is 0 Å². The minimum atomic E-state index is -0.532. The Morgan fingerprint density at radius 3 is 2.41 bits per heavy atom. The molecule has 34 heavy (non-hydrogen) atoms. The number of benzene rings is 3. The van der Waals surface area contributed by atoms with E-state index in [9.17, 15) is 4.79 Å². The van der Waals surface area contributed by atoms with Gasteiger partial charge in [0.2, 0.25) is 5.91 Å². The number of amides is 1. The molecule has 178 valence electrons. The molecule has 6 heteroatoms. The van der Waals surface area contributed by atoms with Crippen molar-refractivity contribution >= 4 is 35.0 Å². The molecule has 3 aromatic rings. The summed E-state index contributed by atoms with van der Waals surface area (Å²) in [6.07, 6.45) is 1.79. The molecule has 0 atom stereocenters. The van der Waals surface area contributed by atoms with E-state index in [-0.39, 0.29) is 5.91 Å². The van der Waals surface area contributed by atoms with Gasteiger partial charge >= 0.3 is 0 Å². The van der Waals surface area contributed by atoms with Crippen molar-refractivity contribution in [3.8, 4) is 5.75 Å². The smallest absolute Gasteiger partial charge is 0.228 e. The number of rotatable bonds is 8. The molecule has 4 rings (SSSR count). The van der Waals surface area contributed by atoms with Crippen molar-refractivity contribution in [3.05, 3.63) is 88.4 Å². The maximum Gasteiger partial charge on any atom is 0.228 e. The highest BCUT2D eigenvalue weighted by Gasteiger charge is 2.38. The van der Waals surface area contributed by atoms with Crippen LogP contribution < -0.4 is 10.1 Å². The second-order valence-electron chi connectivity index (χ2n) is 8.52. The van der Waals surface area contributed by atoms with Gasteiger partial charge in [0.1, 0.15) is 11.4 Å². The first-order valence-electron chi connectivity index (χ1n) is 11.6. The van der Waals surface area contributed by atoms with Gasteiger partial charge in [0.25, 0.3) is 0 Å². The first-order valence-corrected chi connectivity index (χ1v) is 13.0. The Morgan fingerprint density at radius 1 is 1.06 bits per heavy atom. The highest BCUT2D eigenvalue weighted by Crippen LogP contribution is 2.41. The lowest BCUT2D eigenvalue weighted by Gasteiger charge is -2.38. The number of nitrogens with one attached hydrogen (secondary N) is 1. The third kappa shape index (κ3) is 6.15. The molecule has 0 aromatic heterocycles. The Labute approximate surface area is 211 Å². The summed E-state index contributed by atoms with van der Waals surface area (Å²) in [5.41, 5.74) is 3.31. The van der Waals surface area contributed by atoms with Gasteiger partial charge in [-0.2, -0.15) is 0 Å². The fraction of sp³-hybridized carbons (Fsp3) is 0.321. The van der Waals surface area contributed by atoms with E-state index in [0.29, 0.717) is 24.7 Å². The van der Waals surface area contributed by atoms with Crippen LogP contribution in [-0.4, -0.2) is 24.9 Å². The second-order valence-corrected chi connectivity index (χ2v) is 10.3. The Morgan fingerprint density at radius 2 is 1.76 bits per heavy atom. The number of thioether (sulfide) groups is 1. The predicted molar refractivity (Wildman–Crippen MR) is 140 cm³/mol. The Balaban J connectivity index is 1.42. The van der Waals surface area contributed by atoms with Crippen molar-refractivity contribution in [3.63, 3.8) is 0 Å². The number of carbonyl (C=O) groups excluding carboxylic acids is 1. The number of aryl methyl sites for hydroxylation is 1. The number of carbonyl (C=O) groups is 1. The third-order valence-corrected chi connectivity index (χ3v) is 7.17. The second kappa shape index (κ2) is 11.3. The Hall–Kier alpha value is -2.47. The van der Waals surface area contributed by atoms with Crippen LogP contribution in [0.4, 0.5) is 5.69 Å². The highest BCUT2D eigenvalue weighted by molar-refractivity contribution is 7.99. The average Bonchev–Trinajstić information content (AvgIpc) is 2.82. The molecule has 1 amide bonds. The standard InChI is InChI=1S/C28H30ClNO3S/c1-3-34-24-11-5-21(6-12-24)19-27(31)30-22-7-9-23(10-8-22)33-28(14-16-32-17-15-28)25-13-4-20(2)18-26(25)29/h4-13,18H,3,14-17,19H2,1-2H3,(H,30,31). The molecule has 0 spiro atoms. The van der Waals surface area contributed by atoms with Crippen LogP contribution >= 0.6 is 23.4 Å². The number of halogens is 1. The van der Waals surface area contributed by atoms with E-state index in [1.54, 1.807) is 11.8 Å². The summed E-state index contributed by atoms with van der Waals surface area (Å²) in [5.74, 6) is 1.73. The average molecular weight is 496 g/mol. The zero-order valence-corrected chi connectivity index (χ0v) is 21.2. The number of anilines is 1. The zero-order valence-electron chi connectivity index (χ0n) is 19.6. The maximum absolute atomic E-state index is 12.5. The van der Waals surface area contributed by atoms with Gasteiger partial charge in [-0.15, -0.1) is 11.8 Å². The third-order valence-electron chi connectivity index (χ3n) is 5.97. The number of ether oxygens (including phenoxy) is 2. The normalized spacial score (nSPS) is 15.0. The summed E-state index contributed by atoms with van der Waals surface area (Å²) >= 11 is 8.41. The summed E-state index contributed by atoms with van der Waals surface area (Å²) in [6.45, 7) is 5.40. The highest BCUT2D eigenvalue weighted by atomic mass is 35.5. The summed E-state index contributed by atoms with van der Waals surface area (Å²) in [6, 6.07) is 21.8. The van der Waals surface area contributed by atoms with E-state index in [2.05, 4.69) is 36.5 Å². The van der Waals surface area contributed by atoms with Crippen LogP contribution in [0.3, 0.4) is 0 Å². The fourth-order valence-corrected chi connectivity index (χ4v) is 5.28. The molecule has 3 aromatic carbocycles. The lowest BCUT2D eigenvalue weighted by molar-refractivity contribution is -0.115. The van der Waals surface area contributed by atoms with Crippen LogP contribution in [0, 0.1) is 6.92 Å². The molecular weight excluding hydrogens is 466 g/mol. The quantitative estimate of drug-likeness (QED) is 0.341. The number of hydrogen-bond acceptors (Lipinski definition) is 4. The van der Waals surface area contributed by atoms with Crippen molar-refractivity contribution in [2.45, 2.75) is 43.6 Å². The molecule has 1 N–H and O–H groups in total. The Kier molecular flexibility index (Phi) is 8.19. The lowest BCUT2D eigenvalue weighted by Crippen LogP contribution is -2.39. The van der Waals surface area contributed by atoms with E-state index in [1.807, 2.05) is 49.4 Å². The first kappa shape index (κ1) is 24.6. The summed E-state index contributed by atoms with van der Waals surface area (Å²) in [7, 11) is 0.